The molecular formula is C34H38N4O3S. The number of benzene rings is 3. The standard InChI is InChI=1S/C34H38N4O3S/c1-23(35)27-12-8-13-28(21-27)33(40)38(4)31(20-24-15-17-26(18-16-24)25-10-6-5-7-11-25)34(41)37(3)30(32(39)36-2)22-29-14-9-19-42-29/h5-19,21,23,30-31H,20,22,35H2,1-4H3,(H,36,39)/t23?,30-,31-/m1/s1. The Balaban J connectivity index is 1.66. The van der Waals surface area contributed by atoms with Gasteiger partial charge >= 0.3 is 0 Å². The highest BCUT2D eigenvalue weighted by Crippen LogP contribution is 2.23. The summed E-state index contributed by atoms with van der Waals surface area (Å²) in [6.45, 7) is 1.86. The lowest BCUT2D eigenvalue weighted by atomic mass is 9.98. The fourth-order valence-electron chi connectivity index (χ4n) is 4.96. The fraction of sp³-hybridized carbons (Fsp3) is 0.265. The molecule has 3 N–H and O–H groups in total. The molecule has 42 heavy (non-hydrogen) atoms. The Morgan fingerprint density at radius 1 is 0.810 bits per heavy atom. The SMILES string of the molecule is CNC(=O)[C@@H](Cc1cccs1)N(C)C(=O)[C@@H](Cc1ccc(-c2ccccc2)cc1)N(C)C(=O)c1cccc(C(C)N)c1. The van der Waals surface area contributed by atoms with E-state index in [4.69, 9.17) is 5.73 Å². The minimum atomic E-state index is -0.848. The van der Waals surface area contributed by atoms with Gasteiger partial charge in [0.1, 0.15) is 12.1 Å². The Kier molecular flexibility index (Phi) is 10.3. The van der Waals surface area contributed by atoms with Gasteiger partial charge in [0.05, 0.1) is 0 Å². The first kappa shape index (κ1) is 30.7. The molecule has 0 spiro atoms. The summed E-state index contributed by atoms with van der Waals surface area (Å²) >= 11 is 1.54. The Labute approximate surface area is 252 Å². The summed E-state index contributed by atoms with van der Waals surface area (Å²) in [5.41, 5.74) is 10.4. The highest BCUT2D eigenvalue weighted by Gasteiger charge is 2.35. The molecule has 3 aromatic carbocycles. The van der Waals surface area contributed by atoms with Crippen LogP contribution in [0.3, 0.4) is 0 Å². The molecule has 0 radical (unpaired) electrons. The zero-order valence-electron chi connectivity index (χ0n) is 24.5. The predicted molar refractivity (Wildman–Crippen MR) is 169 cm³/mol. The second-order valence-corrected chi connectivity index (χ2v) is 11.5. The van der Waals surface area contributed by atoms with Gasteiger partial charge in [0.2, 0.25) is 11.8 Å². The molecular weight excluding hydrogens is 544 g/mol. The zero-order valence-corrected chi connectivity index (χ0v) is 25.3. The van der Waals surface area contributed by atoms with E-state index in [1.807, 2.05) is 85.1 Å². The molecule has 8 heteroatoms. The molecule has 1 aromatic heterocycles. The van der Waals surface area contributed by atoms with E-state index >= 15 is 0 Å². The van der Waals surface area contributed by atoms with Crippen LogP contribution in [-0.4, -0.2) is 60.7 Å². The molecule has 1 unspecified atom stereocenters. The molecule has 1 heterocycles. The van der Waals surface area contributed by atoms with Crippen LogP contribution in [0.1, 0.15) is 39.3 Å². The monoisotopic (exact) mass is 582 g/mol. The predicted octanol–water partition coefficient (Wildman–Crippen LogP) is 4.93. The maximum absolute atomic E-state index is 14.2. The number of nitrogens with two attached hydrogens (primary N) is 1. The largest absolute Gasteiger partial charge is 0.357 e. The zero-order chi connectivity index (χ0) is 30.2. The van der Waals surface area contributed by atoms with Crippen LogP contribution in [0, 0.1) is 0 Å². The van der Waals surface area contributed by atoms with Gasteiger partial charge in [0.15, 0.2) is 0 Å². The van der Waals surface area contributed by atoms with Crippen molar-refractivity contribution in [2.75, 3.05) is 21.1 Å². The molecule has 4 rings (SSSR count). The molecule has 218 valence electrons. The van der Waals surface area contributed by atoms with Gasteiger partial charge in [0, 0.05) is 50.5 Å². The fourth-order valence-corrected chi connectivity index (χ4v) is 5.70. The summed E-state index contributed by atoms with van der Waals surface area (Å²) < 4.78 is 0. The van der Waals surface area contributed by atoms with Gasteiger partial charge < -0.3 is 20.9 Å². The van der Waals surface area contributed by atoms with Crippen molar-refractivity contribution in [2.24, 2.45) is 5.73 Å². The number of rotatable bonds is 11. The maximum atomic E-state index is 14.2. The molecule has 0 saturated carbocycles. The molecule has 0 fully saturated rings. The van der Waals surface area contributed by atoms with Crippen molar-refractivity contribution in [3.05, 3.63) is 118 Å². The minimum Gasteiger partial charge on any atom is -0.357 e. The van der Waals surface area contributed by atoms with Crippen molar-refractivity contribution in [1.82, 2.24) is 15.1 Å². The van der Waals surface area contributed by atoms with Crippen molar-refractivity contribution < 1.29 is 14.4 Å². The second kappa shape index (κ2) is 14.1. The number of thiophene rings is 1. The summed E-state index contributed by atoms with van der Waals surface area (Å²) in [6, 6.07) is 27.3. The van der Waals surface area contributed by atoms with E-state index in [0.717, 1.165) is 27.1 Å². The van der Waals surface area contributed by atoms with Crippen molar-refractivity contribution in [1.29, 1.82) is 0 Å². The quantitative estimate of drug-likeness (QED) is 0.262. The van der Waals surface area contributed by atoms with E-state index in [1.165, 1.54) is 21.1 Å². The Bertz CT molecular complexity index is 1490. The number of carbonyl (C=O) groups excluding carboxylic acids is 3. The van der Waals surface area contributed by atoms with E-state index in [1.54, 1.807) is 39.3 Å². The third-order valence-corrected chi connectivity index (χ3v) is 8.46. The normalized spacial score (nSPS) is 13.1. The van der Waals surface area contributed by atoms with Gasteiger partial charge in [-0.25, -0.2) is 0 Å². The number of hydrogen-bond donors (Lipinski definition) is 2. The molecule has 4 aromatic rings. The average molecular weight is 583 g/mol. The first-order valence-corrected chi connectivity index (χ1v) is 14.8. The lowest BCUT2D eigenvalue weighted by Crippen LogP contribution is -2.55. The Morgan fingerprint density at radius 2 is 1.50 bits per heavy atom. The highest BCUT2D eigenvalue weighted by atomic mass is 32.1. The summed E-state index contributed by atoms with van der Waals surface area (Å²) in [4.78, 5) is 44.9. The minimum absolute atomic E-state index is 0.236. The Morgan fingerprint density at radius 3 is 2.12 bits per heavy atom. The van der Waals surface area contributed by atoms with Crippen LogP contribution in [0.25, 0.3) is 11.1 Å². The van der Waals surface area contributed by atoms with Crippen LogP contribution in [0.4, 0.5) is 0 Å². The molecule has 3 atom stereocenters. The number of carbonyl (C=O) groups is 3. The van der Waals surface area contributed by atoms with Crippen LogP contribution in [0.5, 0.6) is 0 Å². The molecule has 3 amide bonds. The third kappa shape index (κ3) is 7.32. The Hall–Kier alpha value is -4.27. The van der Waals surface area contributed by atoms with Crippen molar-refractivity contribution in [3.8, 4) is 11.1 Å². The van der Waals surface area contributed by atoms with Gasteiger partial charge in [-0.15, -0.1) is 11.3 Å². The van der Waals surface area contributed by atoms with E-state index in [9.17, 15) is 14.4 Å². The van der Waals surface area contributed by atoms with E-state index < -0.39 is 12.1 Å². The van der Waals surface area contributed by atoms with Gasteiger partial charge in [0.25, 0.3) is 5.91 Å². The summed E-state index contributed by atoms with van der Waals surface area (Å²) in [5, 5.41) is 4.64. The molecule has 0 aliphatic rings. The van der Waals surface area contributed by atoms with Crippen LogP contribution in [0.2, 0.25) is 0 Å². The van der Waals surface area contributed by atoms with Crippen molar-refractivity contribution in [3.63, 3.8) is 0 Å². The van der Waals surface area contributed by atoms with Crippen molar-refractivity contribution >= 4 is 29.1 Å². The smallest absolute Gasteiger partial charge is 0.254 e. The average Bonchev–Trinajstić information content (AvgIpc) is 3.55. The molecule has 0 aliphatic carbocycles. The summed E-state index contributed by atoms with van der Waals surface area (Å²) in [7, 11) is 4.84. The lowest BCUT2D eigenvalue weighted by molar-refractivity contribution is -0.142. The first-order chi connectivity index (χ1) is 20.2. The first-order valence-electron chi connectivity index (χ1n) is 14.0. The molecule has 0 saturated heterocycles. The number of nitrogens with zero attached hydrogens (tertiary/aromatic N) is 2. The summed E-state index contributed by atoms with van der Waals surface area (Å²) in [5.74, 6) is -0.866. The van der Waals surface area contributed by atoms with Gasteiger partial charge in [-0.05, 0) is 52.8 Å². The topological polar surface area (TPSA) is 95.7 Å². The van der Waals surface area contributed by atoms with Crippen molar-refractivity contribution in [2.45, 2.75) is 37.9 Å². The van der Waals surface area contributed by atoms with Gasteiger partial charge in [-0.2, -0.15) is 0 Å². The lowest BCUT2D eigenvalue weighted by Gasteiger charge is -2.34. The van der Waals surface area contributed by atoms with Crippen LogP contribution >= 0.6 is 11.3 Å². The second-order valence-electron chi connectivity index (χ2n) is 10.5. The number of nitrogens with one attached hydrogen (secondary N) is 1. The number of amides is 3. The van der Waals surface area contributed by atoms with Crippen LogP contribution in [0.15, 0.2) is 96.4 Å². The third-order valence-electron chi connectivity index (χ3n) is 7.56. The van der Waals surface area contributed by atoms with Crippen LogP contribution < -0.4 is 11.1 Å². The molecule has 0 bridgehead atoms. The van der Waals surface area contributed by atoms with Gasteiger partial charge in [-0.1, -0.05) is 72.8 Å². The highest BCUT2D eigenvalue weighted by molar-refractivity contribution is 7.09. The molecule has 7 nitrogen and oxygen atoms in total. The van der Waals surface area contributed by atoms with Crippen LogP contribution in [-0.2, 0) is 22.4 Å². The summed E-state index contributed by atoms with van der Waals surface area (Å²) in [6.07, 6.45) is 0.666. The van der Waals surface area contributed by atoms with E-state index in [2.05, 4.69) is 5.32 Å². The molecule has 0 aliphatic heterocycles. The number of hydrogen-bond acceptors (Lipinski definition) is 5. The van der Waals surface area contributed by atoms with E-state index in [0.29, 0.717) is 12.0 Å². The van der Waals surface area contributed by atoms with E-state index in [-0.39, 0.29) is 30.2 Å². The number of likely N-dealkylation sites (N-methyl/N-ethyl adjacent to an activating group) is 3. The van der Waals surface area contributed by atoms with Gasteiger partial charge in [-0.3, -0.25) is 14.4 Å². The maximum Gasteiger partial charge on any atom is 0.254 e.